The van der Waals surface area contributed by atoms with E-state index < -0.39 is 16.0 Å². The maximum Gasteiger partial charge on any atom is 0.354 e. The molecule has 0 radical (unpaired) electrons. The topological polar surface area (TPSA) is 68.6 Å². The standard InChI is InChI=1S/C14H22N2O4S/c1-3-20-14(17)13-10-12(11-15(13)2)21(18,19)16-8-6-4-5-7-9-16/h10-11H,3-9H2,1-2H3. The van der Waals surface area contributed by atoms with Gasteiger partial charge in [0, 0.05) is 26.3 Å². The van der Waals surface area contributed by atoms with Crippen LogP contribution in [0.4, 0.5) is 0 Å². The summed E-state index contributed by atoms with van der Waals surface area (Å²) in [5, 5.41) is 0. The fraction of sp³-hybridized carbons (Fsp3) is 0.643. The highest BCUT2D eigenvalue weighted by Gasteiger charge is 2.28. The van der Waals surface area contributed by atoms with Crippen molar-refractivity contribution in [3.8, 4) is 0 Å². The van der Waals surface area contributed by atoms with Gasteiger partial charge in [-0.3, -0.25) is 0 Å². The second-order valence-electron chi connectivity index (χ2n) is 5.21. The van der Waals surface area contributed by atoms with Gasteiger partial charge in [0.05, 0.1) is 6.61 Å². The highest BCUT2D eigenvalue weighted by Crippen LogP contribution is 2.22. The Morgan fingerprint density at radius 3 is 2.43 bits per heavy atom. The Morgan fingerprint density at radius 1 is 1.24 bits per heavy atom. The number of hydrogen-bond donors (Lipinski definition) is 0. The van der Waals surface area contributed by atoms with E-state index in [0.29, 0.717) is 13.1 Å². The summed E-state index contributed by atoms with van der Waals surface area (Å²) in [7, 11) is -1.88. The van der Waals surface area contributed by atoms with Crippen molar-refractivity contribution in [1.82, 2.24) is 8.87 Å². The van der Waals surface area contributed by atoms with Crippen molar-refractivity contribution in [3.63, 3.8) is 0 Å². The van der Waals surface area contributed by atoms with E-state index in [0.717, 1.165) is 25.7 Å². The number of hydrogen-bond acceptors (Lipinski definition) is 4. The number of nitrogens with zero attached hydrogens (tertiary/aromatic N) is 2. The molecule has 0 N–H and O–H groups in total. The molecule has 1 aliphatic rings. The summed E-state index contributed by atoms with van der Waals surface area (Å²) >= 11 is 0. The fourth-order valence-corrected chi connectivity index (χ4v) is 4.10. The lowest BCUT2D eigenvalue weighted by Gasteiger charge is -2.18. The molecule has 0 aliphatic carbocycles. The number of rotatable bonds is 4. The molecule has 2 heterocycles. The van der Waals surface area contributed by atoms with E-state index in [9.17, 15) is 13.2 Å². The van der Waals surface area contributed by atoms with Crippen molar-refractivity contribution in [2.75, 3.05) is 19.7 Å². The van der Waals surface area contributed by atoms with Gasteiger partial charge < -0.3 is 9.30 Å². The minimum absolute atomic E-state index is 0.162. The van der Waals surface area contributed by atoms with Crippen LogP contribution in [0.3, 0.4) is 0 Å². The number of carbonyl (C=O) groups excluding carboxylic acids is 1. The Hall–Kier alpha value is -1.34. The molecular weight excluding hydrogens is 292 g/mol. The molecule has 1 saturated heterocycles. The maximum atomic E-state index is 12.6. The summed E-state index contributed by atoms with van der Waals surface area (Å²) in [6.45, 7) is 3.08. The summed E-state index contributed by atoms with van der Waals surface area (Å²) in [4.78, 5) is 11.9. The molecule has 118 valence electrons. The van der Waals surface area contributed by atoms with Gasteiger partial charge in [-0.25, -0.2) is 13.2 Å². The van der Waals surface area contributed by atoms with Gasteiger partial charge >= 0.3 is 5.97 Å². The Balaban J connectivity index is 2.28. The van der Waals surface area contributed by atoms with Crippen LogP contribution in [0.25, 0.3) is 0 Å². The van der Waals surface area contributed by atoms with E-state index in [2.05, 4.69) is 0 Å². The summed E-state index contributed by atoms with van der Waals surface area (Å²) in [6, 6.07) is 1.40. The first-order valence-electron chi connectivity index (χ1n) is 7.30. The summed E-state index contributed by atoms with van der Waals surface area (Å²) in [6.07, 6.45) is 5.38. The van der Waals surface area contributed by atoms with Crippen LogP contribution in [0.15, 0.2) is 17.2 Å². The lowest BCUT2D eigenvalue weighted by atomic mass is 10.2. The van der Waals surface area contributed by atoms with Gasteiger partial charge in [-0.15, -0.1) is 0 Å². The lowest BCUT2D eigenvalue weighted by Crippen LogP contribution is -2.31. The molecular formula is C14H22N2O4S. The van der Waals surface area contributed by atoms with Crippen LogP contribution in [-0.2, 0) is 21.8 Å². The first-order valence-corrected chi connectivity index (χ1v) is 8.74. The largest absolute Gasteiger partial charge is 0.461 e. The van der Waals surface area contributed by atoms with Gasteiger partial charge in [-0.05, 0) is 25.8 Å². The predicted molar refractivity (Wildman–Crippen MR) is 78.6 cm³/mol. The Morgan fingerprint density at radius 2 is 1.86 bits per heavy atom. The first-order chi connectivity index (χ1) is 9.96. The molecule has 1 aliphatic heterocycles. The van der Waals surface area contributed by atoms with E-state index in [-0.39, 0.29) is 17.2 Å². The molecule has 1 aromatic heterocycles. The fourth-order valence-electron chi connectivity index (χ4n) is 2.51. The van der Waals surface area contributed by atoms with Crippen LogP contribution in [0.2, 0.25) is 0 Å². The number of carbonyl (C=O) groups is 1. The van der Waals surface area contributed by atoms with Crippen molar-refractivity contribution >= 4 is 16.0 Å². The summed E-state index contributed by atoms with van der Waals surface area (Å²) in [5.74, 6) is -0.502. The SMILES string of the molecule is CCOC(=O)c1cc(S(=O)(=O)N2CCCCCC2)cn1C. The number of sulfonamides is 1. The minimum atomic E-state index is -3.53. The van der Waals surface area contributed by atoms with Crippen molar-refractivity contribution in [3.05, 3.63) is 18.0 Å². The number of ether oxygens (including phenoxy) is 1. The number of aromatic nitrogens is 1. The molecule has 1 aromatic rings. The zero-order valence-corrected chi connectivity index (χ0v) is 13.4. The molecule has 0 amide bonds. The second-order valence-corrected chi connectivity index (χ2v) is 7.15. The smallest absolute Gasteiger partial charge is 0.354 e. The third-order valence-electron chi connectivity index (χ3n) is 3.67. The molecule has 0 atom stereocenters. The quantitative estimate of drug-likeness (QED) is 0.794. The zero-order valence-electron chi connectivity index (χ0n) is 12.5. The molecule has 0 bridgehead atoms. The van der Waals surface area contributed by atoms with Gasteiger partial charge in [0.1, 0.15) is 10.6 Å². The maximum absolute atomic E-state index is 12.6. The average Bonchev–Trinajstić information content (AvgIpc) is 2.65. The van der Waals surface area contributed by atoms with Crippen LogP contribution < -0.4 is 0 Å². The second kappa shape index (κ2) is 6.62. The van der Waals surface area contributed by atoms with E-state index >= 15 is 0 Å². The molecule has 1 fully saturated rings. The third kappa shape index (κ3) is 3.47. The molecule has 0 unspecified atom stereocenters. The molecule has 0 aromatic carbocycles. The molecule has 21 heavy (non-hydrogen) atoms. The zero-order chi connectivity index (χ0) is 15.5. The van der Waals surface area contributed by atoms with Crippen molar-refractivity contribution in [1.29, 1.82) is 0 Å². The highest BCUT2D eigenvalue weighted by molar-refractivity contribution is 7.89. The molecule has 0 saturated carbocycles. The van der Waals surface area contributed by atoms with E-state index in [1.807, 2.05) is 0 Å². The molecule has 0 spiro atoms. The van der Waals surface area contributed by atoms with Gasteiger partial charge in [0.25, 0.3) is 0 Å². The molecule has 2 rings (SSSR count). The Bertz CT molecular complexity index is 598. The predicted octanol–water partition coefficient (Wildman–Crippen LogP) is 1.77. The first kappa shape index (κ1) is 16.0. The number of aryl methyl sites for hydroxylation is 1. The lowest BCUT2D eigenvalue weighted by molar-refractivity contribution is 0.0515. The van der Waals surface area contributed by atoms with Crippen LogP contribution in [0.1, 0.15) is 43.1 Å². The van der Waals surface area contributed by atoms with Gasteiger partial charge in [0.15, 0.2) is 0 Å². The molecule has 7 heteroatoms. The van der Waals surface area contributed by atoms with Crippen molar-refractivity contribution in [2.24, 2.45) is 7.05 Å². The normalized spacial score (nSPS) is 17.4. The van der Waals surface area contributed by atoms with Gasteiger partial charge in [-0.1, -0.05) is 12.8 Å². The number of esters is 1. The summed E-state index contributed by atoms with van der Waals surface area (Å²) in [5.41, 5.74) is 0.255. The third-order valence-corrected chi connectivity index (χ3v) is 5.53. The Kier molecular flexibility index (Phi) is 5.05. The van der Waals surface area contributed by atoms with E-state index in [4.69, 9.17) is 4.74 Å². The van der Waals surface area contributed by atoms with E-state index in [1.165, 1.54) is 21.1 Å². The van der Waals surface area contributed by atoms with Gasteiger partial charge in [-0.2, -0.15) is 4.31 Å². The van der Waals surface area contributed by atoms with Crippen LogP contribution >= 0.6 is 0 Å². The van der Waals surface area contributed by atoms with Crippen molar-refractivity contribution in [2.45, 2.75) is 37.5 Å². The molecule has 6 nitrogen and oxygen atoms in total. The average molecular weight is 314 g/mol. The minimum Gasteiger partial charge on any atom is -0.461 e. The van der Waals surface area contributed by atoms with Crippen molar-refractivity contribution < 1.29 is 17.9 Å². The monoisotopic (exact) mass is 314 g/mol. The highest BCUT2D eigenvalue weighted by atomic mass is 32.2. The summed E-state index contributed by atoms with van der Waals surface area (Å²) < 4.78 is 33.2. The Labute approximate surface area is 125 Å². The van der Waals surface area contributed by atoms with Crippen LogP contribution in [0.5, 0.6) is 0 Å². The van der Waals surface area contributed by atoms with Crippen LogP contribution in [-0.4, -0.2) is 43.0 Å². The van der Waals surface area contributed by atoms with Gasteiger partial charge in [0.2, 0.25) is 10.0 Å². The van der Waals surface area contributed by atoms with Crippen LogP contribution in [0, 0.1) is 0 Å². The van der Waals surface area contributed by atoms with E-state index in [1.54, 1.807) is 14.0 Å².